The summed E-state index contributed by atoms with van der Waals surface area (Å²) in [4.78, 5) is 10.2. The molecule has 4 N–H and O–H groups in total. The van der Waals surface area contributed by atoms with Crippen LogP contribution in [0, 0.1) is 0 Å². The van der Waals surface area contributed by atoms with Crippen LogP contribution in [0.15, 0.2) is 42.2 Å². The SMILES string of the molecule is N/C(C=O)=C\N(N)Cc1ccccc1. The first-order valence-electron chi connectivity index (χ1n) is 4.20. The zero-order valence-corrected chi connectivity index (χ0v) is 7.76. The van der Waals surface area contributed by atoms with Crippen molar-refractivity contribution in [3.8, 4) is 0 Å². The molecule has 0 unspecified atom stereocenters. The van der Waals surface area contributed by atoms with Crippen LogP contribution in [-0.4, -0.2) is 11.3 Å². The van der Waals surface area contributed by atoms with Crippen LogP contribution in [-0.2, 0) is 11.3 Å². The van der Waals surface area contributed by atoms with Gasteiger partial charge in [-0.05, 0) is 5.56 Å². The predicted molar refractivity (Wildman–Crippen MR) is 54.5 cm³/mol. The third-order valence-corrected chi connectivity index (χ3v) is 1.66. The minimum absolute atomic E-state index is 0.114. The summed E-state index contributed by atoms with van der Waals surface area (Å²) in [6, 6.07) is 9.68. The quantitative estimate of drug-likeness (QED) is 0.312. The summed E-state index contributed by atoms with van der Waals surface area (Å²) in [6.07, 6.45) is 1.96. The van der Waals surface area contributed by atoms with Crippen molar-refractivity contribution >= 4 is 6.29 Å². The van der Waals surface area contributed by atoms with Crippen LogP contribution in [0.25, 0.3) is 0 Å². The van der Waals surface area contributed by atoms with E-state index < -0.39 is 0 Å². The summed E-state index contributed by atoms with van der Waals surface area (Å²) in [5.74, 6) is 5.60. The number of allylic oxidation sites excluding steroid dienone is 1. The average molecular weight is 191 g/mol. The minimum Gasteiger partial charge on any atom is -0.395 e. The molecule has 0 saturated carbocycles. The summed E-state index contributed by atoms with van der Waals surface area (Å²) < 4.78 is 0. The lowest BCUT2D eigenvalue weighted by molar-refractivity contribution is -0.105. The van der Waals surface area contributed by atoms with Crippen molar-refractivity contribution in [1.29, 1.82) is 0 Å². The molecule has 0 saturated heterocycles. The lowest BCUT2D eigenvalue weighted by Gasteiger charge is -2.13. The van der Waals surface area contributed by atoms with Gasteiger partial charge in [-0.3, -0.25) is 4.79 Å². The zero-order valence-electron chi connectivity index (χ0n) is 7.76. The van der Waals surface area contributed by atoms with Gasteiger partial charge in [0, 0.05) is 6.20 Å². The Hall–Kier alpha value is -1.81. The first-order chi connectivity index (χ1) is 6.72. The van der Waals surface area contributed by atoms with Gasteiger partial charge >= 0.3 is 0 Å². The highest BCUT2D eigenvalue weighted by Crippen LogP contribution is 2.01. The molecule has 0 amide bonds. The Balaban J connectivity index is 2.58. The van der Waals surface area contributed by atoms with Crippen molar-refractivity contribution in [3.63, 3.8) is 0 Å². The lowest BCUT2D eigenvalue weighted by Crippen LogP contribution is -2.26. The van der Waals surface area contributed by atoms with Crippen LogP contribution in [0.1, 0.15) is 5.56 Å². The van der Waals surface area contributed by atoms with Crippen LogP contribution in [0.5, 0.6) is 0 Å². The first kappa shape index (κ1) is 10.3. The Labute approximate surface area is 82.8 Å². The smallest absolute Gasteiger partial charge is 0.167 e. The van der Waals surface area contributed by atoms with Crippen LogP contribution in [0.3, 0.4) is 0 Å². The number of rotatable bonds is 4. The van der Waals surface area contributed by atoms with Crippen molar-refractivity contribution in [3.05, 3.63) is 47.8 Å². The summed E-state index contributed by atoms with van der Waals surface area (Å²) in [7, 11) is 0. The number of hydrogen-bond acceptors (Lipinski definition) is 4. The fraction of sp³-hybridized carbons (Fsp3) is 0.100. The third kappa shape index (κ3) is 3.28. The number of carbonyl (C=O) groups excluding carboxylic acids is 1. The van der Waals surface area contributed by atoms with E-state index in [1.165, 1.54) is 11.2 Å². The maximum atomic E-state index is 10.2. The van der Waals surface area contributed by atoms with Crippen LogP contribution in [0.4, 0.5) is 0 Å². The van der Waals surface area contributed by atoms with Gasteiger partial charge in [0.25, 0.3) is 0 Å². The monoisotopic (exact) mass is 191 g/mol. The summed E-state index contributed by atoms with van der Waals surface area (Å²) >= 11 is 0. The maximum Gasteiger partial charge on any atom is 0.167 e. The van der Waals surface area contributed by atoms with E-state index in [1.807, 2.05) is 30.3 Å². The molecule has 4 heteroatoms. The molecule has 1 aromatic rings. The molecule has 0 fully saturated rings. The normalized spacial score (nSPS) is 11.1. The molecule has 0 aliphatic carbocycles. The van der Waals surface area contributed by atoms with Gasteiger partial charge in [0.2, 0.25) is 0 Å². The van der Waals surface area contributed by atoms with Gasteiger partial charge in [0.15, 0.2) is 6.29 Å². The van der Waals surface area contributed by atoms with Crippen molar-refractivity contribution in [2.75, 3.05) is 0 Å². The maximum absolute atomic E-state index is 10.2. The molecule has 14 heavy (non-hydrogen) atoms. The van der Waals surface area contributed by atoms with E-state index in [9.17, 15) is 4.79 Å². The van der Waals surface area contributed by atoms with Crippen LogP contribution in [0.2, 0.25) is 0 Å². The molecule has 0 aliphatic heterocycles. The molecule has 0 aliphatic rings. The van der Waals surface area contributed by atoms with Crippen molar-refractivity contribution in [2.24, 2.45) is 11.6 Å². The average Bonchev–Trinajstić information content (AvgIpc) is 2.19. The number of hydrazine groups is 1. The Bertz CT molecular complexity index is 321. The largest absolute Gasteiger partial charge is 0.395 e. The van der Waals surface area contributed by atoms with E-state index in [2.05, 4.69) is 0 Å². The van der Waals surface area contributed by atoms with Gasteiger partial charge in [-0.1, -0.05) is 30.3 Å². The second-order valence-electron chi connectivity index (χ2n) is 2.90. The van der Waals surface area contributed by atoms with E-state index in [1.54, 1.807) is 0 Å². The number of aldehydes is 1. The number of carbonyl (C=O) groups is 1. The van der Waals surface area contributed by atoms with Gasteiger partial charge in [0.05, 0.1) is 12.2 Å². The molecule has 1 aromatic carbocycles. The Morgan fingerprint density at radius 2 is 2.00 bits per heavy atom. The van der Waals surface area contributed by atoms with E-state index >= 15 is 0 Å². The molecule has 0 spiro atoms. The molecule has 0 aromatic heterocycles. The highest BCUT2D eigenvalue weighted by molar-refractivity contribution is 5.71. The number of benzene rings is 1. The van der Waals surface area contributed by atoms with Crippen molar-refractivity contribution in [1.82, 2.24) is 5.01 Å². The van der Waals surface area contributed by atoms with Crippen molar-refractivity contribution < 1.29 is 4.79 Å². The lowest BCUT2D eigenvalue weighted by atomic mass is 10.2. The van der Waals surface area contributed by atoms with Gasteiger partial charge in [-0.2, -0.15) is 0 Å². The number of hydrogen-bond donors (Lipinski definition) is 2. The molecule has 0 atom stereocenters. The summed E-state index contributed by atoms with van der Waals surface area (Å²) in [6.45, 7) is 0.523. The van der Waals surface area contributed by atoms with Gasteiger partial charge < -0.3 is 10.7 Å². The van der Waals surface area contributed by atoms with Crippen molar-refractivity contribution in [2.45, 2.75) is 6.54 Å². The highest BCUT2D eigenvalue weighted by atomic mass is 16.1. The van der Waals surface area contributed by atoms with E-state index in [4.69, 9.17) is 11.6 Å². The fourth-order valence-corrected chi connectivity index (χ4v) is 1.06. The number of nitrogens with zero attached hydrogens (tertiary/aromatic N) is 1. The van der Waals surface area contributed by atoms with E-state index in [0.29, 0.717) is 12.8 Å². The topological polar surface area (TPSA) is 72.4 Å². The summed E-state index contributed by atoms with van der Waals surface area (Å²) in [5.41, 5.74) is 6.47. The molecule has 0 bridgehead atoms. The third-order valence-electron chi connectivity index (χ3n) is 1.66. The Morgan fingerprint density at radius 1 is 1.36 bits per heavy atom. The number of nitrogens with two attached hydrogens (primary N) is 2. The van der Waals surface area contributed by atoms with E-state index in [0.717, 1.165) is 5.56 Å². The molecule has 0 heterocycles. The Morgan fingerprint density at radius 3 is 2.57 bits per heavy atom. The van der Waals surface area contributed by atoms with Gasteiger partial charge in [-0.15, -0.1) is 0 Å². The molecule has 74 valence electrons. The molecule has 1 rings (SSSR count). The Kier molecular flexibility index (Phi) is 3.69. The zero-order chi connectivity index (χ0) is 10.4. The summed E-state index contributed by atoms with van der Waals surface area (Å²) in [5, 5.41) is 1.37. The van der Waals surface area contributed by atoms with Crippen LogP contribution < -0.4 is 11.6 Å². The second kappa shape index (κ2) is 5.04. The molecule has 4 nitrogen and oxygen atoms in total. The van der Waals surface area contributed by atoms with E-state index in [-0.39, 0.29) is 5.70 Å². The predicted octanol–water partition coefficient (Wildman–Crippen LogP) is 0.361. The minimum atomic E-state index is 0.114. The second-order valence-corrected chi connectivity index (χ2v) is 2.90. The molecule has 0 radical (unpaired) electrons. The molecular formula is C10H13N3O. The fourth-order valence-electron chi connectivity index (χ4n) is 1.06. The standard InChI is InChI=1S/C10H13N3O/c11-10(8-14)7-13(12)6-9-4-2-1-3-5-9/h1-5,7-8H,6,11-12H2/b10-7-. The first-order valence-corrected chi connectivity index (χ1v) is 4.20. The molecular weight excluding hydrogens is 178 g/mol. The van der Waals surface area contributed by atoms with Gasteiger partial charge in [0.1, 0.15) is 0 Å². The van der Waals surface area contributed by atoms with Crippen LogP contribution >= 0.6 is 0 Å². The highest BCUT2D eigenvalue weighted by Gasteiger charge is 1.96. The van der Waals surface area contributed by atoms with Gasteiger partial charge in [-0.25, -0.2) is 5.84 Å².